The molecule has 1 amide bonds. The fraction of sp³-hybridized carbons (Fsp3) is 0.650. The molecule has 24 heavy (non-hydrogen) atoms. The average molecular weight is 332 g/mol. The number of hydrogen-bond donors (Lipinski definition) is 1. The Bertz CT molecular complexity index is 563. The number of rotatable bonds is 5. The number of amides is 1. The van der Waals surface area contributed by atoms with Crippen molar-refractivity contribution in [1.29, 1.82) is 0 Å². The maximum Gasteiger partial charge on any atom is 0.410 e. The smallest absolute Gasteiger partial charge is 0.410 e. The number of ether oxygens (including phenoxy) is 1. The zero-order chi connectivity index (χ0) is 17.7. The van der Waals surface area contributed by atoms with Crippen LogP contribution < -0.4 is 5.32 Å². The van der Waals surface area contributed by atoms with Gasteiger partial charge in [0.15, 0.2) is 0 Å². The minimum Gasteiger partial charge on any atom is -0.444 e. The fourth-order valence-corrected chi connectivity index (χ4v) is 3.12. The highest BCUT2D eigenvalue weighted by Gasteiger charge is 2.31. The van der Waals surface area contributed by atoms with Crippen LogP contribution in [0.1, 0.15) is 64.2 Å². The molecular weight excluding hydrogens is 300 g/mol. The molecule has 1 aliphatic heterocycles. The predicted molar refractivity (Wildman–Crippen MR) is 98.0 cm³/mol. The Morgan fingerprint density at radius 1 is 1.29 bits per heavy atom. The zero-order valence-corrected chi connectivity index (χ0v) is 15.8. The van der Waals surface area contributed by atoms with E-state index >= 15 is 0 Å². The molecule has 134 valence electrons. The van der Waals surface area contributed by atoms with E-state index < -0.39 is 5.60 Å². The molecule has 1 atom stereocenters. The van der Waals surface area contributed by atoms with Crippen molar-refractivity contribution in [2.75, 3.05) is 6.54 Å². The predicted octanol–water partition coefficient (Wildman–Crippen LogP) is 4.26. The van der Waals surface area contributed by atoms with Gasteiger partial charge in [-0.3, -0.25) is 0 Å². The van der Waals surface area contributed by atoms with Gasteiger partial charge in [0.2, 0.25) is 0 Å². The summed E-state index contributed by atoms with van der Waals surface area (Å²) in [5, 5.41) is 3.45. The lowest BCUT2D eigenvalue weighted by atomic mass is 9.91. The lowest BCUT2D eigenvalue weighted by molar-refractivity contribution is 0.0115. The van der Waals surface area contributed by atoms with Crippen molar-refractivity contribution < 1.29 is 9.53 Å². The number of carbonyl (C=O) groups is 1. The van der Waals surface area contributed by atoms with Crippen LogP contribution in [0, 0.1) is 0 Å². The van der Waals surface area contributed by atoms with Crippen LogP contribution in [0.2, 0.25) is 0 Å². The van der Waals surface area contributed by atoms with Gasteiger partial charge in [0, 0.05) is 19.1 Å². The highest BCUT2D eigenvalue weighted by atomic mass is 16.6. The molecule has 1 aromatic rings. The quantitative estimate of drug-likeness (QED) is 0.819. The van der Waals surface area contributed by atoms with Gasteiger partial charge in [-0.05, 0) is 63.3 Å². The molecule has 0 saturated heterocycles. The van der Waals surface area contributed by atoms with Gasteiger partial charge in [0.1, 0.15) is 5.60 Å². The van der Waals surface area contributed by atoms with Gasteiger partial charge >= 0.3 is 6.09 Å². The van der Waals surface area contributed by atoms with E-state index in [0.717, 1.165) is 32.4 Å². The molecular formula is C20H32N2O2. The Hall–Kier alpha value is -1.55. The summed E-state index contributed by atoms with van der Waals surface area (Å²) in [5.41, 5.74) is 3.48. The SMILES string of the molecule is CCCNCc1ccc2c(c1)CC(CC)N(C(=O)OC(C)(C)C)C2. The fourth-order valence-electron chi connectivity index (χ4n) is 3.12. The van der Waals surface area contributed by atoms with Gasteiger partial charge in [-0.2, -0.15) is 0 Å². The Kier molecular flexibility index (Phi) is 6.27. The molecule has 0 saturated carbocycles. The van der Waals surface area contributed by atoms with Crippen molar-refractivity contribution in [1.82, 2.24) is 10.2 Å². The molecule has 0 aromatic heterocycles. The number of fused-ring (bicyclic) bond motifs is 1. The lowest BCUT2D eigenvalue weighted by Gasteiger charge is -2.37. The number of hydrogen-bond acceptors (Lipinski definition) is 3. The first-order valence-electron chi connectivity index (χ1n) is 9.15. The minimum atomic E-state index is -0.454. The van der Waals surface area contributed by atoms with Gasteiger partial charge in [-0.1, -0.05) is 32.0 Å². The molecule has 1 heterocycles. The van der Waals surface area contributed by atoms with Crippen molar-refractivity contribution in [2.24, 2.45) is 0 Å². The Morgan fingerprint density at radius 2 is 2.04 bits per heavy atom. The monoisotopic (exact) mass is 332 g/mol. The first-order valence-corrected chi connectivity index (χ1v) is 9.15. The van der Waals surface area contributed by atoms with E-state index in [9.17, 15) is 4.79 Å². The first kappa shape index (κ1) is 18.8. The summed E-state index contributed by atoms with van der Waals surface area (Å²) in [6, 6.07) is 6.85. The zero-order valence-electron chi connectivity index (χ0n) is 15.8. The molecule has 1 aromatic carbocycles. The number of nitrogens with one attached hydrogen (secondary N) is 1. The van der Waals surface area contributed by atoms with E-state index in [1.165, 1.54) is 16.7 Å². The molecule has 0 aliphatic carbocycles. The van der Waals surface area contributed by atoms with Gasteiger partial charge in [-0.15, -0.1) is 0 Å². The molecule has 0 radical (unpaired) electrons. The van der Waals surface area contributed by atoms with E-state index in [-0.39, 0.29) is 12.1 Å². The second-order valence-electron chi connectivity index (χ2n) is 7.65. The van der Waals surface area contributed by atoms with Gasteiger partial charge in [0.25, 0.3) is 0 Å². The van der Waals surface area contributed by atoms with E-state index in [2.05, 4.69) is 37.4 Å². The third kappa shape index (κ3) is 4.97. The Labute approximate surface area is 146 Å². The summed E-state index contributed by atoms with van der Waals surface area (Å²) in [7, 11) is 0. The van der Waals surface area contributed by atoms with E-state index in [1.807, 2.05) is 25.7 Å². The van der Waals surface area contributed by atoms with Crippen molar-refractivity contribution in [2.45, 2.75) is 78.6 Å². The van der Waals surface area contributed by atoms with Crippen LogP contribution in [-0.2, 0) is 24.2 Å². The third-order valence-corrected chi connectivity index (χ3v) is 4.36. The standard InChI is InChI=1S/C20H32N2O2/c1-6-10-21-13-15-8-9-16-14-22(19(23)24-20(3,4)5)18(7-2)12-17(16)11-15/h8-9,11,18,21H,6-7,10,12-14H2,1-5H3. The highest BCUT2D eigenvalue weighted by molar-refractivity contribution is 5.69. The van der Waals surface area contributed by atoms with Crippen LogP contribution in [0.4, 0.5) is 4.79 Å². The summed E-state index contributed by atoms with van der Waals surface area (Å²) in [6.07, 6.45) is 2.80. The van der Waals surface area contributed by atoms with Gasteiger partial charge < -0.3 is 15.0 Å². The molecule has 4 heteroatoms. The summed E-state index contributed by atoms with van der Waals surface area (Å²) < 4.78 is 5.59. The van der Waals surface area contributed by atoms with Crippen LogP contribution >= 0.6 is 0 Å². The van der Waals surface area contributed by atoms with Crippen LogP contribution in [-0.4, -0.2) is 29.2 Å². The molecule has 1 N–H and O–H groups in total. The summed E-state index contributed by atoms with van der Waals surface area (Å²) in [5.74, 6) is 0. The minimum absolute atomic E-state index is 0.200. The first-order chi connectivity index (χ1) is 11.3. The van der Waals surface area contributed by atoms with Crippen LogP contribution in [0.5, 0.6) is 0 Å². The van der Waals surface area contributed by atoms with Gasteiger partial charge in [0.05, 0.1) is 0 Å². The average Bonchev–Trinajstić information content (AvgIpc) is 2.52. The largest absolute Gasteiger partial charge is 0.444 e. The third-order valence-electron chi connectivity index (χ3n) is 4.36. The maximum atomic E-state index is 12.5. The van der Waals surface area contributed by atoms with Crippen LogP contribution in [0.3, 0.4) is 0 Å². The summed E-state index contributed by atoms with van der Waals surface area (Å²) in [4.78, 5) is 14.4. The Morgan fingerprint density at radius 3 is 2.67 bits per heavy atom. The molecule has 0 bridgehead atoms. The maximum absolute atomic E-state index is 12.5. The van der Waals surface area contributed by atoms with Crippen molar-refractivity contribution in [3.63, 3.8) is 0 Å². The molecule has 4 nitrogen and oxygen atoms in total. The van der Waals surface area contributed by atoms with E-state index in [1.54, 1.807) is 0 Å². The van der Waals surface area contributed by atoms with Crippen molar-refractivity contribution >= 4 is 6.09 Å². The summed E-state index contributed by atoms with van der Waals surface area (Å²) in [6.45, 7) is 12.7. The topological polar surface area (TPSA) is 41.6 Å². The lowest BCUT2D eigenvalue weighted by Crippen LogP contribution is -2.46. The van der Waals surface area contributed by atoms with Crippen LogP contribution in [0.15, 0.2) is 18.2 Å². The highest BCUT2D eigenvalue weighted by Crippen LogP contribution is 2.27. The molecule has 1 unspecified atom stereocenters. The molecule has 0 spiro atoms. The molecule has 2 rings (SSSR count). The van der Waals surface area contributed by atoms with E-state index in [0.29, 0.717) is 6.54 Å². The normalized spacial score (nSPS) is 17.5. The molecule has 0 fully saturated rings. The van der Waals surface area contributed by atoms with E-state index in [4.69, 9.17) is 4.74 Å². The number of carbonyl (C=O) groups excluding carboxylic acids is 1. The second kappa shape index (κ2) is 8.02. The molecule has 1 aliphatic rings. The van der Waals surface area contributed by atoms with Crippen molar-refractivity contribution in [3.05, 3.63) is 34.9 Å². The van der Waals surface area contributed by atoms with Crippen LogP contribution in [0.25, 0.3) is 0 Å². The summed E-state index contributed by atoms with van der Waals surface area (Å²) >= 11 is 0. The number of nitrogens with zero attached hydrogens (tertiary/aromatic N) is 1. The Balaban J connectivity index is 2.12. The van der Waals surface area contributed by atoms with Gasteiger partial charge in [-0.25, -0.2) is 4.79 Å². The number of benzene rings is 1. The van der Waals surface area contributed by atoms with Crippen molar-refractivity contribution in [3.8, 4) is 0 Å². The second-order valence-corrected chi connectivity index (χ2v) is 7.65.